The molecule has 4 aliphatic carbocycles. The lowest BCUT2D eigenvalue weighted by molar-refractivity contribution is -0.130. The molecule has 31 heavy (non-hydrogen) atoms. The van der Waals surface area contributed by atoms with Crippen molar-refractivity contribution in [2.45, 2.75) is 44.1 Å². The summed E-state index contributed by atoms with van der Waals surface area (Å²) in [5.74, 6) is 1.68. The van der Waals surface area contributed by atoms with Crippen molar-refractivity contribution in [3.05, 3.63) is 60.2 Å². The average Bonchev–Trinajstić information content (AvgIpc) is 2.74. The maximum absolute atomic E-state index is 13.1. The van der Waals surface area contributed by atoms with E-state index in [1.807, 2.05) is 48.5 Å². The highest BCUT2D eigenvalue weighted by atomic mass is 16.5. The number of amides is 1. The number of esters is 1. The van der Waals surface area contributed by atoms with Crippen LogP contribution in [0, 0.1) is 17.8 Å². The maximum Gasteiger partial charge on any atom is 0.339 e. The summed E-state index contributed by atoms with van der Waals surface area (Å²) >= 11 is 0. The molecule has 0 spiro atoms. The average molecular weight is 414 g/mol. The smallest absolute Gasteiger partial charge is 0.339 e. The number of fused-ring (bicyclic) bond motifs is 2. The van der Waals surface area contributed by atoms with Crippen molar-refractivity contribution >= 4 is 33.4 Å². The van der Waals surface area contributed by atoms with Crippen LogP contribution in [0.15, 0.2) is 54.6 Å². The Balaban J connectivity index is 1.22. The zero-order valence-electron chi connectivity index (χ0n) is 17.6. The highest BCUT2D eigenvalue weighted by molar-refractivity contribution is 6.16. The van der Waals surface area contributed by atoms with Crippen molar-refractivity contribution in [3.63, 3.8) is 0 Å². The Hall–Kier alpha value is -2.88. The van der Waals surface area contributed by atoms with Crippen molar-refractivity contribution in [1.29, 1.82) is 0 Å². The number of carbonyl (C=O) groups is 2. The minimum Gasteiger partial charge on any atom is -0.452 e. The minimum absolute atomic E-state index is 0.0651. The Morgan fingerprint density at radius 1 is 0.839 bits per heavy atom. The number of rotatable bonds is 4. The quantitative estimate of drug-likeness (QED) is 0.470. The predicted molar refractivity (Wildman–Crippen MR) is 121 cm³/mol. The van der Waals surface area contributed by atoms with E-state index in [-0.39, 0.29) is 18.1 Å². The molecule has 3 aromatic rings. The molecule has 7 rings (SSSR count). The summed E-state index contributed by atoms with van der Waals surface area (Å²) in [6, 6.07) is 17.7. The molecule has 1 amide bonds. The zero-order chi connectivity index (χ0) is 21.0. The molecule has 1 N–H and O–H groups in total. The normalized spacial score (nSPS) is 28.7. The van der Waals surface area contributed by atoms with E-state index < -0.39 is 5.97 Å². The van der Waals surface area contributed by atoms with Gasteiger partial charge in [-0.25, -0.2) is 4.79 Å². The lowest BCUT2D eigenvalue weighted by atomic mass is 9.53. The predicted octanol–water partition coefficient (Wildman–Crippen LogP) is 5.23. The molecule has 0 radical (unpaired) electrons. The maximum atomic E-state index is 13.1. The van der Waals surface area contributed by atoms with Crippen molar-refractivity contribution in [3.8, 4) is 0 Å². The number of benzene rings is 3. The van der Waals surface area contributed by atoms with Crippen molar-refractivity contribution in [2.24, 2.45) is 17.8 Å². The molecule has 0 atom stereocenters. The Morgan fingerprint density at radius 3 is 1.90 bits per heavy atom. The molecule has 0 unspecified atom stereocenters. The van der Waals surface area contributed by atoms with Crippen LogP contribution in [0.1, 0.15) is 48.9 Å². The monoisotopic (exact) mass is 413 g/mol. The van der Waals surface area contributed by atoms with Crippen LogP contribution in [0.2, 0.25) is 0 Å². The van der Waals surface area contributed by atoms with Crippen LogP contribution in [-0.4, -0.2) is 24.0 Å². The van der Waals surface area contributed by atoms with E-state index in [2.05, 4.69) is 11.4 Å². The molecule has 4 bridgehead atoms. The van der Waals surface area contributed by atoms with Gasteiger partial charge in [-0.3, -0.25) is 4.79 Å². The molecule has 4 heteroatoms. The van der Waals surface area contributed by atoms with Gasteiger partial charge in [0.25, 0.3) is 5.91 Å². The number of ether oxygens (including phenoxy) is 1. The largest absolute Gasteiger partial charge is 0.452 e. The van der Waals surface area contributed by atoms with Crippen LogP contribution in [0.25, 0.3) is 21.5 Å². The summed E-state index contributed by atoms with van der Waals surface area (Å²) in [7, 11) is 0. The fraction of sp³-hybridized carbons (Fsp3) is 0.407. The van der Waals surface area contributed by atoms with Crippen LogP contribution in [0.5, 0.6) is 0 Å². The van der Waals surface area contributed by atoms with Gasteiger partial charge in [0.05, 0.1) is 5.56 Å². The van der Waals surface area contributed by atoms with Crippen LogP contribution in [0.4, 0.5) is 0 Å². The van der Waals surface area contributed by atoms with E-state index in [1.54, 1.807) is 0 Å². The summed E-state index contributed by atoms with van der Waals surface area (Å²) < 4.78 is 5.57. The van der Waals surface area contributed by atoms with Crippen molar-refractivity contribution < 1.29 is 14.3 Å². The molecule has 4 nitrogen and oxygen atoms in total. The molecule has 0 heterocycles. The molecule has 3 aromatic carbocycles. The standard InChI is InChI=1S/C27H27NO3/c29-24(28-27-13-17-9-18(14-27)11-19(10-17)15-27)16-31-26(30)25-22-7-3-1-5-20(22)12-21-6-2-4-8-23(21)25/h1-8,12,17-19H,9-11,13-16H2,(H,28,29). The molecule has 4 aliphatic rings. The lowest BCUT2D eigenvalue weighted by Crippen LogP contribution is -2.60. The Labute approximate surface area is 182 Å². The third-order valence-corrected chi connectivity index (χ3v) is 7.75. The highest BCUT2D eigenvalue weighted by Gasteiger charge is 2.51. The van der Waals surface area contributed by atoms with Gasteiger partial charge >= 0.3 is 5.97 Å². The van der Waals surface area contributed by atoms with Gasteiger partial charge in [-0.15, -0.1) is 0 Å². The molecule has 158 valence electrons. The lowest BCUT2D eigenvalue weighted by Gasteiger charge is -2.56. The SMILES string of the molecule is O=C(COC(=O)c1c2ccccc2cc2ccccc12)NC12CC3CC(CC(C3)C1)C2. The molecule has 0 aliphatic heterocycles. The molecule has 4 fully saturated rings. The summed E-state index contributed by atoms with van der Waals surface area (Å²) in [5.41, 5.74) is 0.473. The minimum atomic E-state index is -0.436. The number of hydrogen-bond donors (Lipinski definition) is 1. The van der Waals surface area contributed by atoms with E-state index in [1.165, 1.54) is 19.3 Å². The second-order valence-corrected chi connectivity index (χ2v) is 10.0. The summed E-state index contributed by atoms with van der Waals surface area (Å²) in [5, 5.41) is 6.98. The van der Waals surface area contributed by atoms with Crippen molar-refractivity contribution in [1.82, 2.24) is 5.32 Å². The van der Waals surface area contributed by atoms with Crippen LogP contribution < -0.4 is 5.32 Å². The van der Waals surface area contributed by atoms with Gasteiger partial charge < -0.3 is 10.1 Å². The topological polar surface area (TPSA) is 55.4 Å². The van der Waals surface area contributed by atoms with Crippen molar-refractivity contribution in [2.75, 3.05) is 6.61 Å². The number of nitrogens with one attached hydrogen (secondary N) is 1. The third kappa shape index (κ3) is 3.29. The first kappa shape index (κ1) is 18.9. The Kier molecular flexibility index (Phi) is 4.31. The van der Waals surface area contributed by atoms with E-state index in [4.69, 9.17) is 4.74 Å². The molecular formula is C27H27NO3. The van der Waals surface area contributed by atoms with Gasteiger partial charge in [-0.2, -0.15) is 0 Å². The van der Waals surface area contributed by atoms with Gasteiger partial charge in [0.1, 0.15) is 0 Å². The fourth-order valence-electron chi connectivity index (χ4n) is 7.03. The second-order valence-electron chi connectivity index (χ2n) is 10.0. The molecule has 0 aromatic heterocycles. The molecular weight excluding hydrogens is 386 g/mol. The third-order valence-electron chi connectivity index (χ3n) is 7.75. The number of hydrogen-bond acceptors (Lipinski definition) is 3. The van der Waals surface area contributed by atoms with Gasteiger partial charge in [0.15, 0.2) is 6.61 Å². The van der Waals surface area contributed by atoms with E-state index in [0.29, 0.717) is 5.56 Å². The Morgan fingerprint density at radius 2 is 1.35 bits per heavy atom. The fourth-order valence-corrected chi connectivity index (χ4v) is 7.03. The zero-order valence-corrected chi connectivity index (χ0v) is 17.6. The van der Waals surface area contributed by atoms with Gasteiger partial charge in [-0.05, 0) is 83.9 Å². The van der Waals surface area contributed by atoms with Crippen LogP contribution in [0.3, 0.4) is 0 Å². The first-order chi connectivity index (χ1) is 15.1. The van der Waals surface area contributed by atoms with Crippen LogP contribution in [-0.2, 0) is 9.53 Å². The summed E-state index contributed by atoms with van der Waals surface area (Å²) in [6.07, 6.45) is 7.26. The first-order valence-electron chi connectivity index (χ1n) is 11.5. The molecule has 0 saturated heterocycles. The molecule has 4 saturated carbocycles. The highest BCUT2D eigenvalue weighted by Crippen LogP contribution is 2.55. The summed E-state index contributed by atoms with van der Waals surface area (Å²) in [4.78, 5) is 25.9. The number of carbonyl (C=O) groups excluding carboxylic acids is 2. The second kappa shape index (κ2) is 7.08. The summed E-state index contributed by atoms with van der Waals surface area (Å²) in [6.45, 7) is -0.224. The first-order valence-corrected chi connectivity index (χ1v) is 11.5. The van der Waals surface area contributed by atoms with Crippen LogP contribution >= 0.6 is 0 Å². The van der Waals surface area contributed by atoms with Gasteiger partial charge in [0.2, 0.25) is 0 Å². The Bertz CT molecular complexity index is 1110. The van der Waals surface area contributed by atoms with E-state index >= 15 is 0 Å². The van der Waals surface area contributed by atoms with Gasteiger partial charge in [-0.1, -0.05) is 48.5 Å². The van der Waals surface area contributed by atoms with E-state index in [0.717, 1.165) is 58.6 Å². The van der Waals surface area contributed by atoms with E-state index in [9.17, 15) is 9.59 Å². The van der Waals surface area contributed by atoms with Gasteiger partial charge in [0, 0.05) is 5.54 Å².